The van der Waals surface area contributed by atoms with Crippen LogP contribution in [0.5, 0.6) is 0 Å². The largest absolute Gasteiger partial charge is 0.465 e. The number of nitrogens with zero attached hydrogens (tertiary/aromatic N) is 1. The highest BCUT2D eigenvalue weighted by molar-refractivity contribution is 5.83. The molecule has 6 heteroatoms. The molecule has 0 saturated heterocycles. The fourth-order valence-electron chi connectivity index (χ4n) is 1.79. The van der Waals surface area contributed by atoms with Crippen molar-refractivity contribution in [3.63, 3.8) is 0 Å². The van der Waals surface area contributed by atoms with Crippen LogP contribution in [0.1, 0.15) is 12.5 Å². The summed E-state index contributed by atoms with van der Waals surface area (Å²) in [6.45, 7) is 1.51. The quantitative estimate of drug-likeness (QED) is 0.692. The van der Waals surface area contributed by atoms with Gasteiger partial charge in [-0.3, -0.25) is 9.69 Å². The van der Waals surface area contributed by atoms with Crippen LogP contribution < -0.4 is 11.5 Å². The molecule has 0 saturated carbocycles. The molecule has 0 aliphatic rings. The molecule has 0 fully saturated rings. The van der Waals surface area contributed by atoms with Gasteiger partial charge in [-0.25, -0.2) is 4.79 Å². The topological polar surface area (TPSA) is 110 Å². The number of carbonyl (C=O) groups is 2. The maximum Gasteiger partial charge on any atom is 0.408 e. The summed E-state index contributed by atoms with van der Waals surface area (Å²) < 4.78 is 0. The van der Waals surface area contributed by atoms with Gasteiger partial charge in [-0.2, -0.15) is 0 Å². The van der Waals surface area contributed by atoms with E-state index >= 15 is 0 Å². The molecule has 19 heavy (non-hydrogen) atoms. The molecule has 2 amide bonds. The van der Waals surface area contributed by atoms with Crippen molar-refractivity contribution in [1.29, 1.82) is 0 Å². The number of amides is 2. The van der Waals surface area contributed by atoms with Gasteiger partial charge in [0, 0.05) is 12.6 Å². The standard InChI is InChI=1S/C13H19N3O3/c1-9(12(15)17)16(13(18)19)8-11(14)7-10-5-3-2-4-6-10/h2-6,9,11H,7-8,14H2,1H3,(H2,15,17)(H,18,19). The van der Waals surface area contributed by atoms with Gasteiger partial charge in [0.25, 0.3) is 0 Å². The molecular formula is C13H19N3O3. The van der Waals surface area contributed by atoms with Gasteiger partial charge >= 0.3 is 6.09 Å². The zero-order chi connectivity index (χ0) is 14.4. The number of primary amides is 1. The predicted octanol–water partition coefficient (Wildman–Crippen LogP) is 0.410. The summed E-state index contributed by atoms with van der Waals surface area (Å²) in [4.78, 5) is 23.1. The van der Waals surface area contributed by atoms with Crippen LogP contribution in [0.3, 0.4) is 0 Å². The lowest BCUT2D eigenvalue weighted by molar-refractivity contribution is -0.122. The zero-order valence-electron chi connectivity index (χ0n) is 10.8. The highest BCUT2D eigenvalue weighted by Gasteiger charge is 2.25. The van der Waals surface area contributed by atoms with Crippen molar-refractivity contribution in [3.05, 3.63) is 35.9 Å². The first-order chi connectivity index (χ1) is 8.91. The van der Waals surface area contributed by atoms with Crippen LogP contribution in [-0.4, -0.2) is 40.6 Å². The van der Waals surface area contributed by atoms with E-state index in [1.165, 1.54) is 6.92 Å². The monoisotopic (exact) mass is 265 g/mol. The SMILES string of the molecule is CC(C(N)=O)N(CC(N)Cc1ccccc1)C(=O)O. The summed E-state index contributed by atoms with van der Waals surface area (Å²) in [6, 6.07) is 8.24. The molecule has 1 aromatic carbocycles. The summed E-state index contributed by atoms with van der Waals surface area (Å²) in [6.07, 6.45) is -0.661. The summed E-state index contributed by atoms with van der Waals surface area (Å²) >= 11 is 0. The molecule has 1 aromatic rings. The van der Waals surface area contributed by atoms with Crippen LogP contribution >= 0.6 is 0 Å². The molecule has 104 valence electrons. The molecule has 2 unspecified atom stereocenters. The number of hydrogen-bond acceptors (Lipinski definition) is 3. The number of carboxylic acid groups (broad SMARTS) is 1. The van der Waals surface area contributed by atoms with E-state index in [1.54, 1.807) is 0 Å². The lowest BCUT2D eigenvalue weighted by Crippen LogP contribution is -2.50. The van der Waals surface area contributed by atoms with Crippen LogP contribution in [0.2, 0.25) is 0 Å². The first kappa shape index (κ1) is 15.0. The predicted molar refractivity (Wildman–Crippen MR) is 71.5 cm³/mol. The van der Waals surface area contributed by atoms with Crippen LogP contribution in [0.15, 0.2) is 30.3 Å². The molecule has 5 N–H and O–H groups in total. The maximum absolute atomic E-state index is 11.1. The van der Waals surface area contributed by atoms with Gasteiger partial charge in [-0.05, 0) is 18.9 Å². The van der Waals surface area contributed by atoms with E-state index in [-0.39, 0.29) is 12.6 Å². The molecule has 0 aromatic heterocycles. The number of benzene rings is 1. The smallest absolute Gasteiger partial charge is 0.408 e. The van der Waals surface area contributed by atoms with Gasteiger partial charge in [0.1, 0.15) is 6.04 Å². The van der Waals surface area contributed by atoms with Crippen LogP contribution in [0.4, 0.5) is 4.79 Å². The van der Waals surface area contributed by atoms with Crippen LogP contribution in [-0.2, 0) is 11.2 Å². The van der Waals surface area contributed by atoms with Crippen LogP contribution in [0, 0.1) is 0 Å². The minimum atomic E-state index is -1.20. The van der Waals surface area contributed by atoms with Gasteiger partial charge in [0.05, 0.1) is 0 Å². The molecule has 0 heterocycles. The number of hydrogen-bond donors (Lipinski definition) is 3. The molecule has 2 atom stereocenters. The van der Waals surface area contributed by atoms with E-state index in [1.807, 2.05) is 30.3 Å². The Morgan fingerprint density at radius 3 is 2.37 bits per heavy atom. The molecule has 6 nitrogen and oxygen atoms in total. The summed E-state index contributed by atoms with van der Waals surface area (Å²) in [5.74, 6) is -0.686. The van der Waals surface area contributed by atoms with E-state index < -0.39 is 18.0 Å². The van der Waals surface area contributed by atoms with E-state index in [0.29, 0.717) is 6.42 Å². The second-order valence-corrected chi connectivity index (χ2v) is 4.46. The molecule has 1 rings (SSSR count). The average molecular weight is 265 g/mol. The van der Waals surface area contributed by atoms with E-state index in [0.717, 1.165) is 10.5 Å². The summed E-state index contributed by atoms with van der Waals surface area (Å²) in [5, 5.41) is 9.07. The van der Waals surface area contributed by atoms with Crippen molar-refractivity contribution in [2.75, 3.05) is 6.54 Å². The maximum atomic E-state index is 11.1. The molecular weight excluding hydrogens is 246 g/mol. The van der Waals surface area contributed by atoms with Crippen molar-refractivity contribution in [2.24, 2.45) is 11.5 Å². The van der Waals surface area contributed by atoms with Gasteiger partial charge in [-0.15, -0.1) is 0 Å². The third-order valence-electron chi connectivity index (χ3n) is 2.90. The van der Waals surface area contributed by atoms with Gasteiger partial charge in [-0.1, -0.05) is 30.3 Å². The van der Waals surface area contributed by atoms with Gasteiger partial charge in [0.15, 0.2) is 0 Å². The third kappa shape index (κ3) is 4.59. The minimum Gasteiger partial charge on any atom is -0.465 e. The van der Waals surface area contributed by atoms with Crippen molar-refractivity contribution < 1.29 is 14.7 Å². The Balaban J connectivity index is 2.64. The van der Waals surface area contributed by atoms with Crippen molar-refractivity contribution in [1.82, 2.24) is 4.90 Å². The average Bonchev–Trinajstić information content (AvgIpc) is 2.36. The zero-order valence-corrected chi connectivity index (χ0v) is 10.8. The van der Waals surface area contributed by atoms with E-state index in [4.69, 9.17) is 16.6 Å². The third-order valence-corrected chi connectivity index (χ3v) is 2.90. The molecule has 0 radical (unpaired) electrons. The normalized spacial score (nSPS) is 13.6. The summed E-state index contributed by atoms with van der Waals surface area (Å²) in [5.41, 5.74) is 12.1. The van der Waals surface area contributed by atoms with Gasteiger partial charge < -0.3 is 16.6 Å². The van der Waals surface area contributed by atoms with Crippen molar-refractivity contribution >= 4 is 12.0 Å². The fraction of sp³-hybridized carbons (Fsp3) is 0.385. The van der Waals surface area contributed by atoms with Crippen LogP contribution in [0.25, 0.3) is 0 Å². The number of carbonyl (C=O) groups excluding carboxylic acids is 1. The Morgan fingerprint density at radius 1 is 1.32 bits per heavy atom. The first-order valence-corrected chi connectivity index (χ1v) is 6.00. The summed E-state index contributed by atoms with van der Waals surface area (Å²) in [7, 11) is 0. The minimum absolute atomic E-state index is 0.0638. The highest BCUT2D eigenvalue weighted by Crippen LogP contribution is 2.06. The van der Waals surface area contributed by atoms with E-state index in [2.05, 4.69) is 0 Å². The molecule has 0 bridgehead atoms. The van der Waals surface area contributed by atoms with Crippen molar-refractivity contribution in [2.45, 2.75) is 25.4 Å². The number of nitrogens with two attached hydrogens (primary N) is 2. The molecule has 0 aliphatic heterocycles. The molecule has 0 aliphatic carbocycles. The number of rotatable bonds is 6. The second-order valence-electron chi connectivity index (χ2n) is 4.46. The Hall–Kier alpha value is -2.08. The molecule has 0 spiro atoms. The Morgan fingerprint density at radius 2 is 1.89 bits per heavy atom. The highest BCUT2D eigenvalue weighted by atomic mass is 16.4. The Kier molecular flexibility index (Phi) is 5.32. The second kappa shape index (κ2) is 6.75. The Labute approximate surface area is 112 Å². The van der Waals surface area contributed by atoms with Gasteiger partial charge in [0.2, 0.25) is 5.91 Å². The van der Waals surface area contributed by atoms with E-state index in [9.17, 15) is 9.59 Å². The lowest BCUT2D eigenvalue weighted by Gasteiger charge is -2.27. The fourth-order valence-corrected chi connectivity index (χ4v) is 1.79. The lowest BCUT2D eigenvalue weighted by atomic mass is 10.1. The van der Waals surface area contributed by atoms with Crippen molar-refractivity contribution in [3.8, 4) is 0 Å². The Bertz CT molecular complexity index is 436. The first-order valence-electron chi connectivity index (χ1n) is 6.00.